The molecule has 116 valence electrons. The van der Waals surface area contributed by atoms with Crippen molar-refractivity contribution in [2.45, 2.75) is 33.6 Å². The van der Waals surface area contributed by atoms with E-state index in [2.05, 4.69) is 28.8 Å². The summed E-state index contributed by atoms with van der Waals surface area (Å²) in [5, 5.41) is 2.41. The highest BCUT2D eigenvalue weighted by molar-refractivity contribution is 7.13. The standard InChI is InChI=1S/C15H19N5OS/c1-7-11-8(4-15(2,3)5-10(11)21)12(18-7)9-6-22-14(19-9)20-13(16)17/h6,18H,4-5H2,1-3H3,(H4,16,17,19,20). The third-order valence-corrected chi connectivity index (χ3v) is 4.57. The molecule has 0 atom stereocenters. The van der Waals surface area contributed by atoms with Crippen LogP contribution in [-0.4, -0.2) is 21.7 Å². The maximum absolute atomic E-state index is 12.4. The number of guanidine groups is 1. The number of Topliss-reactive ketones (excluding diaryl/α,β-unsaturated/α-hetero) is 1. The number of hydrogen-bond acceptors (Lipinski definition) is 4. The number of nitrogens with one attached hydrogen (secondary N) is 1. The summed E-state index contributed by atoms with van der Waals surface area (Å²) in [5.74, 6) is 0.188. The predicted molar refractivity (Wildman–Crippen MR) is 88.5 cm³/mol. The van der Waals surface area contributed by atoms with Crippen LogP contribution in [0.2, 0.25) is 0 Å². The lowest BCUT2D eigenvalue weighted by molar-refractivity contribution is 0.0912. The number of aromatic nitrogens is 2. The third kappa shape index (κ3) is 2.52. The highest BCUT2D eigenvalue weighted by atomic mass is 32.1. The van der Waals surface area contributed by atoms with Crippen molar-refractivity contribution in [1.82, 2.24) is 9.97 Å². The van der Waals surface area contributed by atoms with Crippen molar-refractivity contribution in [3.63, 3.8) is 0 Å². The number of aryl methyl sites for hydroxylation is 1. The van der Waals surface area contributed by atoms with E-state index < -0.39 is 0 Å². The van der Waals surface area contributed by atoms with Gasteiger partial charge in [0.1, 0.15) is 5.69 Å². The number of ketones is 1. The summed E-state index contributed by atoms with van der Waals surface area (Å²) in [5.41, 5.74) is 15.2. The fourth-order valence-electron chi connectivity index (χ4n) is 3.05. The number of aliphatic imine (C=N–C) groups is 1. The molecule has 0 fully saturated rings. The quantitative estimate of drug-likeness (QED) is 0.584. The maximum atomic E-state index is 12.4. The van der Waals surface area contributed by atoms with Crippen molar-refractivity contribution >= 4 is 28.2 Å². The van der Waals surface area contributed by atoms with Crippen LogP contribution in [0.4, 0.5) is 5.13 Å². The minimum Gasteiger partial charge on any atom is -0.370 e. The molecule has 0 bridgehead atoms. The van der Waals surface area contributed by atoms with Gasteiger partial charge in [0.05, 0.1) is 5.69 Å². The van der Waals surface area contributed by atoms with Gasteiger partial charge in [0.2, 0.25) is 5.13 Å². The molecule has 22 heavy (non-hydrogen) atoms. The second-order valence-electron chi connectivity index (χ2n) is 6.47. The van der Waals surface area contributed by atoms with Crippen molar-refractivity contribution in [3.8, 4) is 11.4 Å². The predicted octanol–water partition coefficient (Wildman–Crippen LogP) is 2.51. The van der Waals surface area contributed by atoms with Gasteiger partial charge in [-0.05, 0) is 24.3 Å². The molecule has 0 saturated carbocycles. The summed E-state index contributed by atoms with van der Waals surface area (Å²) in [6.45, 7) is 6.17. The fraction of sp³-hybridized carbons (Fsp3) is 0.400. The van der Waals surface area contributed by atoms with E-state index in [0.717, 1.165) is 34.6 Å². The molecule has 6 nitrogen and oxygen atoms in total. The molecule has 7 heteroatoms. The summed E-state index contributed by atoms with van der Waals surface area (Å²) >= 11 is 1.37. The molecule has 0 spiro atoms. The first kappa shape index (κ1) is 14.8. The van der Waals surface area contributed by atoms with Crippen molar-refractivity contribution in [2.24, 2.45) is 21.9 Å². The monoisotopic (exact) mass is 317 g/mol. The van der Waals surface area contributed by atoms with Gasteiger partial charge in [-0.3, -0.25) is 4.79 Å². The number of rotatable bonds is 2. The van der Waals surface area contributed by atoms with Crippen molar-refractivity contribution in [2.75, 3.05) is 0 Å². The Hall–Kier alpha value is -2.15. The Kier molecular flexibility index (Phi) is 3.32. The molecule has 3 rings (SSSR count). The summed E-state index contributed by atoms with van der Waals surface area (Å²) in [4.78, 5) is 24.2. The molecule has 2 aromatic rings. The third-order valence-electron chi connectivity index (χ3n) is 3.84. The van der Waals surface area contributed by atoms with E-state index in [4.69, 9.17) is 11.5 Å². The molecular formula is C15H19N5OS. The van der Waals surface area contributed by atoms with Crippen LogP contribution in [0.15, 0.2) is 10.4 Å². The Morgan fingerprint density at radius 3 is 2.82 bits per heavy atom. The topological polar surface area (TPSA) is 110 Å². The minimum atomic E-state index is -0.0356. The number of carbonyl (C=O) groups is 1. The molecule has 0 aromatic carbocycles. The number of aromatic amines is 1. The number of hydrogen-bond donors (Lipinski definition) is 3. The van der Waals surface area contributed by atoms with E-state index in [-0.39, 0.29) is 17.2 Å². The van der Waals surface area contributed by atoms with E-state index in [0.29, 0.717) is 11.6 Å². The smallest absolute Gasteiger partial charge is 0.212 e. The van der Waals surface area contributed by atoms with Gasteiger partial charge in [0, 0.05) is 23.1 Å². The lowest BCUT2D eigenvalue weighted by Crippen LogP contribution is -2.26. The average Bonchev–Trinajstić information content (AvgIpc) is 2.92. The minimum absolute atomic E-state index is 0.0121. The van der Waals surface area contributed by atoms with Gasteiger partial charge >= 0.3 is 0 Å². The van der Waals surface area contributed by atoms with E-state index >= 15 is 0 Å². The number of thiazole rings is 1. The Labute approximate surface area is 132 Å². The van der Waals surface area contributed by atoms with E-state index in [1.807, 2.05) is 12.3 Å². The van der Waals surface area contributed by atoms with Crippen LogP contribution in [0, 0.1) is 12.3 Å². The fourth-order valence-corrected chi connectivity index (χ4v) is 3.75. The Morgan fingerprint density at radius 1 is 1.41 bits per heavy atom. The molecule has 1 aliphatic rings. The van der Waals surface area contributed by atoms with Gasteiger partial charge in [0.25, 0.3) is 0 Å². The Bertz CT molecular complexity index is 780. The van der Waals surface area contributed by atoms with Crippen molar-refractivity contribution in [1.29, 1.82) is 0 Å². The highest BCUT2D eigenvalue weighted by Crippen LogP contribution is 2.41. The normalized spacial score (nSPS) is 16.4. The van der Waals surface area contributed by atoms with Crippen LogP contribution < -0.4 is 11.5 Å². The first-order chi connectivity index (χ1) is 10.3. The maximum Gasteiger partial charge on any atom is 0.212 e. The molecule has 0 amide bonds. The summed E-state index contributed by atoms with van der Waals surface area (Å²) in [7, 11) is 0. The molecule has 0 unspecified atom stereocenters. The highest BCUT2D eigenvalue weighted by Gasteiger charge is 2.35. The Balaban J connectivity index is 2.10. The van der Waals surface area contributed by atoms with Crippen LogP contribution in [0.1, 0.15) is 41.9 Å². The number of nitrogens with zero attached hydrogens (tertiary/aromatic N) is 2. The molecule has 2 heterocycles. The molecule has 2 aromatic heterocycles. The summed E-state index contributed by atoms with van der Waals surface area (Å²) in [6.07, 6.45) is 1.43. The zero-order valence-electron chi connectivity index (χ0n) is 12.9. The molecule has 0 aliphatic heterocycles. The number of fused-ring (bicyclic) bond motifs is 1. The zero-order chi connectivity index (χ0) is 16.1. The number of nitrogens with two attached hydrogens (primary N) is 2. The van der Waals surface area contributed by atoms with Crippen LogP contribution in [0.25, 0.3) is 11.4 Å². The van der Waals surface area contributed by atoms with Crippen LogP contribution in [0.5, 0.6) is 0 Å². The molecular weight excluding hydrogens is 298 g/mol. The summed E-state index contributed by atoms with van der Waals surface area (Å²) in [6, 6.07) is 0. The number of carbonyl (C=O) groups excluding carboxylic acids is 1. The van der Waals surface area contributed by atoms with Gasteiger partial charge in [0.15, 0.2) is 11.7 Å². The number of H-pyrrole nitrogens is 1. The lowest BCUT2D eigenvalue weighted by atomic mass is 9.74. The van der Waals surface area contributed by atoms with Crippen LogP contribution >= 0.6 is 11.3 Å². The average molecular weight is 317 g/mol. The van der Waals surface area contributed by atoms with Crippen molar-refractivity contribution in [3.05, 3.63) is 22.2 Å². The molecule has 5 N–H and O–H groups in total. The first-order valence-corrected chi connectivity index (χ1v) is 7.95. The van der Waals surface area contributed by atoms with E-state index in [1.54, 1.807) is 0 Å². The van der Waals surface area contributed by atoms with Crippen molar-refractivity contribution < 1.29 is 4.79 Å². The second-order valence-corrected chi connectivity index (χ2v) is 7.31. The van der Waals surface area contributed by atoms with Gasteiger partial charge in [-0.25, -0.2) is 4.98 Å². The second kappa shape index (κ2) is 4.95. The first-order valence-electron chi connectivity index (χ1n) is 7.07. The zero-order valence-corrected chi connectivity index (χ0v) is 13.7. The Morgan fingerprint density at radius 2 is 2.14 bits per heavy atom. The molecule has 0 radical (unpaired) electrons. The lowest BCUT2D eigenvalue weighted by Gasteiger charge is -2.29. The van der Waals surface area contributed by atoms with Gasteiger partial charge in [-0.2, -0.15) is 4.99 Å². The van der Waals surface area contributed by atoms with Gasteiger partial charge < -0.3 is 16.5 Å². The van der Waals surface area contributed by atoms with Gasteiger partial charge in [-0.15, -0.1) is 11.3 Å². The van der Waals surface area contributed by atoms with E-state index in [1.165, 1.54) is 11.3 Å². The molecule has 1 aliphatic carbocycles. The largest absolute Gasteiger partial charge is 0.370 e. The SMILES string of the molecule is Cc1[nH]c(-c2csc(N=C(N)N)n2)c2c1C(=O)CC(C)(C)C2. The molecule has 0 saturated heterocycles. The van der Waals surface area contributed by atoms with Crippen LogP contribution in [-0.2, 0) is 6.42 Å². The van der Waals surface area contributed by atoms with Crippen LogP contribution in [0.3, 0.4) is 0 Å². The van der Waals surface area contributed by atoms with E-state index in [9.17, 15) is 4.79 Å². The van der Waals surface area contributed by atoms with Gasteiger partial charge in [-0.1, -0.05) is 13.8 Å². The summed E-state index contributed by atoms with van der Waals surface area (Å²) < 4.78 is 0.